The van der Waals surface area contributed by atoms with Crippen molar-refractivity contribution in [1.82, 2.24) is 0 Å². The standard InChI is InChI=1S/C11H11ClN2O4S3/c1-20(15,16)14-10-5-4-8(7-9(10)12)13-21(17,18)11-3-2-6-19-11/h2-7,13-14H,1H3. The Morgan fingerprint density at radius 2 is 1.81 bits per heavy atom. The predicted octanol–water partition coefficient (Wildman–Crippen LogP) is 2.57. The maximum atomic E-state index is 12.0. The Labute approximate surface area is 131 Å². The molecule has 21 heavy (non-hydrogen) atoms. The number of sulfonamides is 2. The van der Waals surface area contributed by atoms with Crippen molar-refractivity contribution in [2.24, 2.45) is 0 Å². The minimum atomic E-state index is -3.66. The molecular weight excluding hydrogens is 356 g/mol. The van der Waals surface area contributed by atoms with Crippen LogP contribution in [-0.2, 0) is 20.0 Å². The van der Waals surface area contributed by atoms with Crippen LogP contribution in [0.4, 0.5) is 11.4 Å². The summed E-state index contributed by atoms with van der Waals surface area (Å²) < 4.78 is 51.1. The molecule has 1 aromatic heterocycles. The van der Waals surface area contributed by atoms with Gasteiger partial charge < -0.3 is 0 Å². The van der Waals surface area contributed by atoms with E-state index in [1.807, 2.05) is 0 Å². The second-order valence-electron chi connectivity index (χ2n) is 4.11. The van der Waals surface area contributed by atoms with E-state index in [9.17, 15) is 16.8 Å². The summed E-state index contributed by atoms with van der Waals surface area (Å²) in [5.41, 5.74) is 0.422. The quantitative estimate of drug-likeness (QED) is 0.850. The molecule has 2 N–H and O–H groups in total. The average molecular weight is 367 g/mol. The lowest BCUT2D eigenvalue weighted by atomic mass is 10.3. The van der Waals surface area contributed by atoms with Gasteiger partial charge in [0.05, 0.1) is 22.7 Å². The summed E-state index contributed by atoms with van der Waals surface area (Å²) >= 11 is 7.02. The van der Waals surface area contributed by atoms with Gasteiger partial charge in [0.25, 0.3) is 10.0 Å². The molecule has 1 aromatic carbocycles. The predicted molar refractivity (Wildman–Crippen MR) is 85.0 cm³/mol. The maximum Gasteiger partial charge on any atom is 0.271 e. The van der Waals surface area contributed by atoms with E-state index in [4.69, 9.17) is 11.6 Å². The molecule has 114 valence electrons. The molecule has 0 saturated carbocycles. The van der Waals surface area contributed by atoms with Gasteiger partial charge in [-0.2, -0.15) is 0 Å². The zero-order valence-electron chi connectivity index (χ0n) is 10.7. The third kappa shape index (κ3) is 4.34. The van der Waals surface area contributed by atoms with E-state index < -0.39 is 20.0 Å². The summed E-state index contributed by atoms with van der Waals surface area (Å²) in [7, 11) is -7.12. The van der Waals surface area contributed by atoms with Crippen molar-refractivity contribution < 1.29 is 16.8 Å². The molecule has 0 amide bonds. The van der Waals surface area contributed by atoms with E-state index >= 15 is 0 Å². The van der Waals surface area contributed by atoms with Crippen LogP contribution in [-0.4, -0.2) is 23.1 Å². The number of benzene rings is 1. The zero-order chi connectivity index (χ0) is 15.7. The highest BCUT2D eigenvalue weighted by Crippen LogP contribution is 2.28. The number of hydrogen-bond donors (Lipinski definition) is 2. The van der Waals surface area contributed by atoms with Gasteiger partial charge in [-0.25, -0.2) is 16.8 Å². The van der Waals surface area contributed by atoms with Gasteiger partial charge in [-0.3, -0.25) is 9.44 Å². The lowest BCUT2D eigenvalue weighted by Gasteiger charge is -2.10. The van der Waals surface area contributed by atoms with Gasteiger partial charge in [0.1, 0.15) is 4.21 Å². The minimum absolute atomic E-state index is 0.0896. The average Bonchev–Trinajstić information content (AvgIpc) is 2.85. The number of hydrogen-bond acceptors (Lipinski definition) is 5. The Hall–Kier alpha value is -1.29. The Balaban J connectivity index is 2.25. The molecule has 0 aliphatic heterocycles. The Morgan fingerprint density at radius 1 is 1.10 bits per heavy atom. The molecule has 0 fully saturated rings. The van der Waals surface area contributed by atoms with Gasteiger partial charge in [0.2, 0.25) is 10.0 Å². The van der Waals surface area contributed by atoms with Crippen molar-refractivity contribution in [2.75, 3.05) is 15.7 Å². The van der Waals surface area contributed by atoms with Gasteiger partial charge in [0.15, 0.2) is 0 Å². The summed E-state index contributed by atoms with van der Waals surface area (Å²) in [6, 6.07) is 7.25. The van der Waals surface area contributed by atoms with Crippen LogP contribution in [0.2, 0.25) is 5.02 Å². The molecule has 0 aliphatic rings. The molecule has 10 heteroatoms. The third-order valence-corrected chi connectivity index (χ3v) is 5.96. The lowest BCUT2D eigenvalue weighted by Crippen LogP contribution is -2.12. The van der Waals surface area contributed by atoms with Crippen LogP contribution in [0.5, 0.6) is 0 Å². The molecule has 0 spiro atoms. The highest BCUT2D eigenvalue weighted by molar-refractivity contribution is 7.94. The third-order valence-electron chi connectivity index (χ3n) is 2.28. The molecule has 0 saturated heterocycles. The summed E-state index contributed by atoms with van der Waals surface area (Å²) in [6.07, 6.45) is 0.997. The van der Waals surface area contributed by atoms with Crippen molar-refractivity contribution in [1.29, 1.82) is 0 Å². The van der Waals surface area contributed by atoms with Gasteiger partial charge in [-0.05, 0) is 29.6 Å². The molecule has 0 atom stereocenters. The molecule has 1 heterocycles. The summed E-state index contributed by atoms with van der Waals surface area (Å²) in [4.78, 5) is 0. The van der Waals surface area contributed by atoms with Crippen LogP contribution in [0.15, 0.2) is 39.9 Å². The normalized spacial score (nSPS) is 12.1. The Kier molecular flexibility index (Phi) is 4.47. The summed E-state index contributed by atoms with van der Waals surface area (Å²) in [5.74, 6) is 0. The first kappa shape index (κ1) is 16.1. The molecule has 0 unspecified atom stereocenters. The smallest absolute Gasteiger partial charge is 0.271 e. The highest BCUT2D eigenvalue weighted by Gasteiger charge is 2.16. The largest absolute Gasteiger partial charge is 0.282 e. The molecule has 0 bridgehead atoms. The minimum Gasteiger partial charge on any atom is -0.282 e. The second kappa shape index (κ2) is 5.84. The monoisotopic (exact) mass is 366 g/mol. The van der Waals surface area contributed by atoms with E-state index in [2.05, 4.69) is 9.44 Å². The van der Waals surface area contributed by atoms with Crippen LogP contribution in [0.25, 0.3) is 0 Å². The SMILES string of the molecule is CS(=O)(=O)Nc1ccc(NS(=O)(=O)c2cccs2)cc1Cl. The van der Waals surface area contributed by atoms with Crippen LogP contribution in [0.3, 0.4) is 0 Å². The molecule has 2 rings (SSSR count). The highest BCUT2D eigenvalue weighted by atomic mass is 35.5. The molecule has 2 aromatic rings. The van der Waals surface area contributed by atoms with Gasteiger partial charge in [-0.15, -0.1) is 11.3 Å². The number of thiophene rings is 1. The number of anilines is 2. The van der Waals surface area contributed by atoms with Crippen molar-refractivity contribution in [3.8, 4) is 0 Å². The first-order chi connectivity index (χ1) is 9.67. The number of rotatable bonds is 5. The van der Waals surface area contributed by atoms with Crippen LogP contribution in [0, 0.1) is 0 Å². The number of halogens is 1. The van der Waals surface area contributed by atoms with Crippen molar-refractivity contribution >= 4 is 54.4 Å². The summed E-state index contributed by atoms with van der Waals surface area (Å²) in [6.45, 7) is 0. The summed E-state index contributed by atoms with van der Waals surface area (Å²) in [5, 5.41) is 1.74. The molecule has 0 radical (unpaired) electrons. The van der Waals surface area contributed by atoms with E-state index in [0.29, 0.717) is 0 Å². The number of nitrogens with one attached hydrogen (secondary N) is 2. The molecule has 6 nitrogen and oxygen atoms in total. The maximum absolute atomic E-state index is 12.0. The second-order valence-corrected chi connectivity index (χ2v) is 9.12. The van der Waals surface area contributed by atoms with Crippen molar-refractivity contribution in [3.63, 3.8) is 0 Å². The molecule has 0 aliphatic carbocycles. The first-order valence-corrected chi connectivity index (χ1v) is 10.1. The van der Waals surface area contributed by atoms with E-state index in [1.165, 1.54) is 24.3 Å². The van der Waals surface area contributed by atoms with E-state index in [0.717, 1.165) is 17.6 Å². The van der Waals surface area contributed by atoms with Crippen molar-refractivity contribution in [3.05, 3.63) is 40.7 Å². The first-order valence-electron chi connectivity index (χ1n) is 5.51. The van der Waals surface area contributed by atoms with Crippen LogP contribution in [0.1, 0.15) is 0 Å². The van der Waals surface area contributed by atoms with E-state index in [-0.39, 0.29) is 20.6 Å². The fourth-order valence-corrected chi connectivity index (χ4v) is 4.39. The van der Waals surface area contributed by atoms with Gasteiger partial charge >= 0.3 is 0 Å². The van der Waals surface area contributed by atoms with Gasteiger partial charge in [-0.1, -0.05) is 17.7 Å². The van der Waals surface area contributed by atoms with Crippen LogP contribution < -0.4 is 9.44 Å². The Bertz CT molecular complexity index is 846. The molecular formula is C11H11ClN2O4S3. The van der Waals surface area contributed by atoms with E-state index in [1.54, 1.807) is 11.4 Å². The lowest BCUT2D eigenvalue weighted by molar-refractivity contribution is 0.602. The van der Waals surface area contributed by atoms with Crippen molar-refractivity contribution in [2.45, 2.75) is 4.21 Å². The van der Waals surface area contributed by atoms with Crippen LogP contribution >= 0.6 is 22.9 Å². The fourth-order valence-electron chi connectivity index (χ4n) is 1.48. The topological polar surface area (TPSA) is 92.3 Å². The fraction of sp³-hybridized carbons (Fsp3) is 0.0909. The zero-order valence-corrected chi connectivity index (χ0v) is 13.9. The Morgan fingerprint density at radius 3 is 2.33 bits per heavy atom. The van der Waals surface area contributed by atoms with Gasteiger partial charge in [0, 0.05) is 0 Å².